The second kappa shape index (κ2) is 7.63. The maximum atomic E-state index is 11.9. The molecule has 0 saturated carbocycles. The standard InChI is InChI=1S/C12H24N2O3/c1-16-8-4-2-3-7-14-11(15)12(13)5-9-17-10-6-12/h2-10,13H2,1H3,(H,14,15). The van der Waals surface area contributed by atoms with Gasteiger partial charge in [-0.3, -0.25) is 4.79 Å². The van der Waals surface area contributed by atoms with Gasteiger partial charge in [0.05, 0.1) is 5.54 Å². The third-order valence-corrected chi connectivity index (χ3v) is 3.15. The van der Waals surface area contributed by atoms with Crippen molar-refractivity contribution in [2.45, 2.75) is 37.6 Å². The summed E-state index contributed by atoms with van der Waals surface area (Å²) in [5.41, 5.74) is 5.34. The van der Waals surface area contributed by atoms with Crippen LogP contribution < -0.4 is 11.1 Å². The van der Waals surface area contributed by atoms with Crippen LogP contribution in [0.1, 0.15) is 32.1 Å². The topological polar surface area (TPSA) is 73.6 Å². The lowest BCUT2D eigenvalue weighted by Crippen LogP contribution is -2.57. The summed E-state index contributed by atoms with van der Waals surface area (Å²) in [7, 11) is 1.70. The van der Waals surface area contributed by atoms with E-state index in [2.05, 4.69) is 5.32 Å². The molecule has 1 rings (SSSR count). The zero-order chi connectivity index (χ0) is 12.6. The number of unbranched alkanes of at least 4 members (excludes halogenated alkanes) is 2. The number of amides is 1. The smallest absolute Gasteiger partial charge is 0.240 e. The fraction of sp³-hybridized carbons (Fsp3) is 0.917. The van der Waals surface area contributed by atoms with Crippen LogP contribution in [0.5, 0.6) is 0 Å². The highest BCUT2D eigenvalue weighted by Gasteiger charge is 2.35. The molecule has 0 aromatic heterocycles. The van der Waals surface area contributed by atoms with Crippen molar-refractivity contribution in [2.24, 2.45) is 5.73 Å². The summed E-state index contributed by atoms with van der Waals surface area (Å²) in [6.45, 7) is 2.64. The molecule has 1 aliphatic heterocycles. The lowest BCUT2D eigenvalue weighted by molar-refractivity contribution is -0.129. The van der Waals surface area contributed by atoms with E-state index in [9.17, 15) is 4.79 Å². The molecule has 0 atom stereocenters. The van der Waals surface area contributed by atoms with Crippen molar-refractivity contribution >= 4 is 5.91 Å². The summed E-state index contributed by atoms with van der Waals surface area (Å²) in [6.07, 6.45) is 4.30. The van der Waals surface area contributed by atoms with Crippen LogP contribution in [0.2, 0.25) is 0 Å². The molecule has 1 heterocycles. The Morgan fingerprint density at radius 3 is 2.71 bits per heavy atom. The number of carbonyl (C=O) groups is 1. The van der Waals surface area contributed by atoms with Crippen molar-refractivity contribution in [3.63, 3.8) is 0 Å². The first-order valence-corrected chi connectivity index (χ1v) is 6.33. The van der Waals surface area contributed by atoms with Gasteiger partial charge in [-0.05, 0) is 32.1 Å². The quantitative estimate of drug-likeness (QED) is 0.637. The summed E-state index contributed by atoms with van der Waals surface area (Å²) in [6, 6.07) is 0. The minimum absolute atomic E-state index is 0.0347. The molecule has 5 heteroatoms. The molecule has 0 aromatic rings. The summed E-state index contributed by atoms with van der Waals surface area (Å²) >= 11 is 0. The van der Waals surface area contributed by atoms with E-state index >= 15 is 0 Å². The number of hydrogen-bond acceptors (Lipinski definition) is 4. The minimum atomic E-state index is -0.717. The van der Waals surface area contributed by atoms with Crippen molar-refractivity contribution in [3.05, 3.63) is 0 Å². The molecule has 1 fully saturated rings. The fourth-order valence-electron chi connectivity index (χ4n) is 1.89. The Balaban J connectivity index is 2.11. The van der Waals surface area contributed by atoms with Crippen LogP contribution in [0, 0.1) is 0 Å². The van der Waals surface area contributed by atoms with Crippen LogP contribution in [0.4, 0.5) is 0 Å². The summed E-state index contributed by atoms with van der Waals surface area (Å²) in [5, 5.41) is 2.91. The Morgan fingerprint density at radius 1 is 1.35 bits per heavy atom. The zero-order valence-electron chi connectivity index (χ0n) is 10.7. The SMILES string of the molecule is COCCCCCNC(=O)C1(N)CCOCC1. The maximum absolute atomic E-state index is 11.9. The molecule has 1 amide bonds. The van der Waals surface area contributed by atoms with Crippen LogP contribution in [0.25, 0.3) is 0 Å². The first-order chi connectivity index (χ1) is 8.19. The molecule has 3 N–H and O–H groups in total. The van der Waals surface area contributed by atoms with E-state index < -0.39 is 5.54 Å². The van der Waals surface area contributed by atoms with Gasteiger partial charge >= 0.3 is 0 Å². The van der Waals surface area contributed by atoms with Crippen molar-refractivity contribution in [1.82, 2.24) is 5.32 Å². The highest BCUT2D eigenvalue weighted by Crippen LogP contribution is 2.17. The van der Waals surface area contributed by atoms with Gasteiger partial charge in [-0.25, -0.2) is 0 Å². The molecule has 100 valence electrons. The Kier molecular flexibility index (Phi) is 6.47. The van der Waals surface area contributed by atoms with Crippen LogP contribution in [-0.4, -0.2) is 44.9 Å². The van der Waals surface area contributed by atoms with Crippen molar-refractivity contribution in [1.29, 1.82) is 0 Å². The molecular formula is C12H24N2O3. The Morgan fingerprint density at radius 2 is 2.06 bits per heavy atom. The number of methoxy groups -OCH3 is 1. The molecule has 1 aliphatic rings. The second-order valence-corrected chi connectivity index (χ2v) is 4.58. The number of rotatable bonds is 7. The molecule has 0 radical (unpaired) electrons. The lowest BCUT2D eigenvalue weighted by Gasteiger charge is -2.31. The number of nitrogens with two attached hydrogens (primary N) is 1. The Labute approximate surface area is 103 Å². The average molecular weight is 244 g/mol. The summed E-state index contributed by atoms with van der Waals surface area (Å²) < 4.78 is 10.2. The minimum Gasteiger partial charge on any atom is -0.385 e. The van der Waals surface area contributed by atoms with Gasteiger partial charge in [-0.15, -0.1) is 0 Å². The maximum Gasteiger partial charge on any atom is 0.240 e. The van der Waals surface area contributed by atoms with Crippen molar-refractivity contribution < 1.29 is 14.3 Å². The van der Waals surface area contributed by atoms with E-state index in [1.165, 1.54) is 0 Å². The van der Waals surface area contributed by atoms with Gasteiger partial charge in [0.25, 0.3) is 0 Å². The number of ether oxygens (including phenoxy) is 2. The largest absolute Gasteiger partial charge is 0.385 e. The first kappa shape index (κ1) is 14.4. The monoisotopic (exact) mass is 244 g/mol. The van der Waals surface area contributed by atoms with E-state index in [1.54, 1.807) is 7.11 Å². The summed E-state index contributed by atoms with van der Waals surface area (Å²) in [4.78, 5) is 11.9. The van der Waals surface area contributed by atoms with Gasteiger partial charge in [0.2, 0.25) is 5.91 Å². The van der Waals surface area contributed by atoms with Gasteiger partial charge in [-0.1, -0.05) is 0 Å². The van der Waals surface area contributed by atoms with Crippen LogP contribution >= 0.6 is 0 Å². The van der Waals surface area contributed by atoms with Gasteiger partial charge in [-0.2, -0.15) is 0 Å². The van der Waals surface area contributed by atoms with Gasteiger partial charge in [0, 0.05) is 33.5 Å². The molecule has 0 aliphatic carbocycles. The van der Waals surface area contributed by atoms with Crippen molar-refractivity contribution in [3.8, 4) is 0 Å². The molecule has 0 spiro atoms. The highest BCUT2D eigenvalue weighted by molar-refractivity contribution is 5.86. The Hall–Kier alpha value is -0.650. The van der Waals surface area contributed by atoms with Crippen LogP contribution in [0.15, 0.2) is 0 Å². The molecule has 5 nitrogen and oxygen atoms in total. The number of carbonyl (C=O) groups excluding carboxylic acids is 1. The molecule has 0 bridgehead atoms. The van der Waals surface area contributed by atoms with E-state index in [0.717, 1.165) is 25.9 Å². The molecular weight excluding hydrogens is 220 g/mol. The number of nitrogens with one attached hydrogen (secondary N) is 1. The van der Waals surface area contributed by atoms with Crippen LogP contribution in [0.3, 0.4) is 0 Å². The van der Waals surface area contributed by atoms with Crippen LogP contribution in [-0.2, 0) is 14.3 Å². The molecule has 17 heavy (non-hydrogen) atoms. The van der Waals surface area contributed by atoms with Crippen molar-refractivity contribution in [2.75, 3.05) is 33.5 Å². The van der Waals surface area contributed by atoms with Gasteiger partial charge in [0.15, 0.2) is 0 Å². The third kappa shape index (κ3) is 5.02. The molecule has 0 aromatic carbocycles. The highest BCUT2D eigenvalue weighted by atomic mass is 16.5. The number of hydrogen-bond donors (Lipinski definition) is 2. The first-order valence-electron chi connectivity index (χ1n) is 6.33. The van der Waals surface area contributed by atoms with Gasteiger partial charge < -0.3 is 20.5 Å². The van der Waals surface area contributed by atoms with Gasteiger partial charge in [0.1, 0.15) is 0 Å². The third-order valence-electron chi connectivity index (χ3n) is 3.15. The van der Waals surface area contributed by atoms with E-state index in [-0.39, 0.29) is 5.91 Å². The average Bonchev–Trinajstić information content (AvgIpc) is 2.34. The fourth-order valence-corrected chi connectivity index (χ4v) is 1.89. The van der Waals surface area contributed by atoms with E-state index in [0.29, 0.717) is 32.6 Å². The predicted octanol–water partition coefficient (Wildman–Crippen LogP) is 0.427. The summed E-state index contributed by atoms with van der Waals surface area (Å²) in [5.74, 6) is -0.0347. The zero-order valence-corrected chi connectivity index (χ0v) is 10.7. The molecule has 0 unspecified atom stereocenters. The Bertz CT molecular complexity index is 228. The van der Waals surface area contributed by atoms with E-state index in [4.69, 9.17) is 15.2 Å². The lowest BCUT2D eigenvalue weighted by atomic mass is 9.90. The normalized spacial score (nSPS) is 18.9. The predicted molar refractivity (Wildman–Crippen MR) is 65.7 cm³/mol. The molecule has 1 saturated heterocycles. The van der Waals surface area contributed by atoms with E-state index in [1.807, 2.05) is 0 Å². The second-order valence-electron chi connectivity index (χ2n) is 4.58.